The number of rotatable bonds is 6. The highest BCUT2D eigenvalue weighted by atomic mass is 16.5. The zero-order valence-electron chi connectivity index (χ0n) is 18.7. The summed E-state index contributed by atoms with van der Waals surface area (Å²) in [5.41, 5.74) is 1.15. The van der Waals surface area contributed by atoms with Crippen LogP contribution in [-0.4, -0.2) is 46.9 Å². The molecule has 1 atom stereocenters. The molecule has 1 aliphatic carbocycles. The smallest absolute Gasteiger partial charge is 0.322 e. The highest BCUT2D eigenvalue weighted by Crippen LogP contribution is 2.29. The number of ether oxygens (including phenoxy) is 1. The van der Waals surface area contributed by atoms with Crippen molar-refractivity contribution < 1.29 is 19.1 Å². The standard InChI is InChI=1S/C26H24N4O4/c1-34-20-10-9-19-15-30(23(31)21(19)14-20)16-26(24(32)28-25(33)29-26)11-3-6-17-5-2-8-22-18(13-17)7-4-12-27-22/h3-5,7-14H,2,6,15-16H2,1H3,(H2,28,29,32,33)/b11-3-/t26-/m1/s1. The zero-order valence-corrected chi connectivity index (χ0v) is 18.7. The minimum Gasteiger partial charge on any atom is -0.497 e. The first-order chi connectivity index (χ1) is 16.5. The summed E-state index contributed by atoms with van der Waals surface area (Å²) in [7, 11) is 1.55. The number of urea groups is 1. The third-order valence-electron chi connectivity index (χ3n) is 6.26. The summed E-state index contributed by atoms with van der Waals surface area (Å²) in [6, 6.07) is 8.69. The molecule has 8 nitrogen and oxygen atoms in total. The van der Waals surface area contributed by atoms with Crippen LogP contribution >= 0.6 is 0 Å². The fourth-order valence-electron chi connectivity index (χ4n) is 4.52. The van der Waals surface area contributed by atoms with Crippen molar-refractivity contribution in [1.82, 2.24) is 20.5 Å². The van der Waals surface area contributed by atoms with Gasteiger partial charge in [-0.25, -0.2) is 4.79 Å². The first kappa shape index (κ1) is 21.6. The molecule has 2 N–H and O–H groups in total. The molecule has 5 rings (SSSR count). The van der Waals surface area contributed by atoms with Gasteiger partial charge in [0.2, 0.25) is 0 Å². The van der Waals surface area contributed by atoms with E-state index in [9.17, 15) is 14.4 Å². The first-order valence-corrected chi connectivity index (χ1v) is 11.1. The predicted molar refractivity (Wildman–Crippen MR) is 126 cm³/mol. The van der Waals surface area contributed by atoms with Crippen LogP contribution in [0.1, 0.15) is 28.8 Å². The molecular weight excluding hydrogens is 432 g/mol. The molecule has 0 saturated carbocycles. The predicted octanol–water partition coefficient (Wildman–Crippen LogP) is 1.16. The fraction of sp³-hybridized carbons (Fsp3) is 0.231. The Morgan fingerprint density at radius 1 is 1.21 bits per heavy atom. The molecule has 1 fully saturated rings. The van der Waals surface area contributed by atoms with Crippen LogP contribution in [0.2, 0.25) is 0 Å². The van der Waals surface area contributed by atoms with Gasteiger partial charge in [0.25, 0.3) is 11.8 Å². The SMILES string of the molecule is COc1ccc2c(c1)C(=O)N(C[C@@]1(/C=C\CC3=CCC=c4ncccc4=C3)NC(=O)NC1=O)C2. The lowest BCUT2D eigenvalue weighted by atomic mass is 9.97. The maximum absolute atomic E-state index is 13.0. The van der Waals surface area contributed by atoms with Crippen LogP contribution < -0.4 is 25.9 Å². The number of fused-ring (bicyclic) bond motifs is 2. The van der Waals surface area contributed by atoms with Crippen LogP contribution in [0, 0.1) is 0 Å². The molecule has 2 aliphatic heterocycles. The Kier molecular flexibility index (Phi) is 5.49. The number of nitrogens with one attached hydrogen (secondary N) is 2. The molecule has 4 amide bonds. The number of aromatic nitrogens is 1. The molecule has 0 bridgehead atoms. The lowest BCUT2D eigenvalue weighted by Crippen LogP contribution is -2.54. The van der Waals surface area contributed by atoms with Gasteiger partial charge in [0.15, 0.2) is 5.54 Å². The highest BCUT2D eigenvalue weighted by Gasteiger charge is 2.47. The second-order valence-electron chi connectivity index (χ2n) is 8.51. The van der Waals surface area contributed by atoms with E-state index in [-0.39, 0.29) is 12.5 Å². The molecule has 172 valence electrons. The van der Waals surface area contributed by atoms with Crippen molar-refractivity contribution in [2.24, 2.45) is 0 Å². The summed E-state index contributed by atoms with van der Waals surface area (Å²) < 4.78 is 5.23. The Morgan fingerprint density at radius 2 is 2.09 bits per heavy atom. The summed E-state index contributed by atoms with van der Waals surface area (Å²) in [4.78, 5) is 43.9. The van der Waals surface area contributed by atoms with E-state index in [4.69, 9.17) is 4.74 Å². The average Bonchev–Trinajstić information content (AvgIpc) is 3.18. The van der Waals surface area contributed by atoms with Crippen molar-refractivity contribution in [1.29, 1.82) is 0 Å². The van der Waals surface area contributed by atoms with E-state index < -0.39 is 17.5 Å². The van der Waals surface area contributed by atoms with Crippen molar-refractivity contribution in [3.63, 3.8) is 0 Å². The highest BCUT2D eigenvalue weighted by molar-refractivity contribution is 6.09. The maximum atomic E-state index is 13.0. The zero-order chi connectivity index (χ0) is 23.7. The van der Waals surface area contributed by atoms with Crippen LogP contribution in [0.4, 0.5) is 4.79 Å². The van der Waals surface area contributed by atoms with Gasteiger partial charge < -0.3 is 15.0 Å². The van der Waals surface area contributed by atoms with Crippen LogP contribution in [0.3, 0.4) is 0 Å². The minimum atomic E-state index is -1.34. The van der Waals surface area contributed by atoms with Gasteiger partial charge >= 0.3 is 6.03 Å². The van der Waals surface area contributed by atoms with Gasteiger partial charge in [0.05, 0.1) is 19.0 Å². The molecule has 0 radical (unpaired) electrons. The van der Waals surface area contributed by atoms with Gasteiger partial charge in [0.1, 0.15) is 5.75 Å². The van der Waals surface area contributed by atoms with Gasteiger partial charge in [0, 0.05) is 23.5 Å². The van der Waals surface area contributed by atoms with E-state index in [0.717, 1.165) is 28.1 Å². The van der Waals surface area contributed by atoms with Crippen LogP contribution in [-0.2, 0) is 11.3 Å². The largest absolute Gasteiger partial charge is 0.497 e. The molecule has 1 aromatic carbocycles. The third-order valence-corrected chi connectivity index (χ3v) is 6.26. The topological polar surface area (TPSA) is 101 Å². The summed E-state index contributed by atoms with van der Waals surface area (Å²) >= 11 is 0. The monoisotopic (exact) mass is 456 g/mol. The van der Waals surface area contributed by atoms with E-state index >= 15 is 0 Å². The number of nitrogens with zero attached hydrogens (tertiary/aromatic N) is 2. The van der Waals surface area contributed by atoms with Crippen molar-refractivity contribution in [3.8, 4) is 5.75 Å². The van der Waals surface area contributed by atoms with Crippen LogP contribution in [0.5, 0.6) is 5.75 Å². The molecule has 3 aliphatic rings. The molecular formula is C26H24N4O4. The number of carbonyl (C=O) groups excluding carboxylic acids is 3. The lowest BCUT2D eigenvalue weighted by Gasteiger charge is -2.28. The maximum Gasteiger partial charge on any atom is 0.322 e. The van der Waals surface area contributed by atoms with Gasteiger partial charge in [-0.1, -0.05) is 36.4 Å². The van der Waals surface area contributed by atoms with Crippen LogP contribution in [0.15, 0.2) is 60.3 Å². The average molecular weight is 457 g/mol. The number of hydrogen-bond acceptors (Lipinski definition) is 5. The molecule has 0 spiro atoms. The van der Waals surface area contributed by atoms with Crippen molar-refractivity contribution >= 4 is 30.0 Å². The van der Waals surface area contributed by atoms with E-state index in [2.05, 4.69) is 33.8 Å². The van der Waals surface area contributed by atoms with Gasteiger partial charge in [-0.15, -0.1) is 0 Å². The van der Waals surface area contributed by atoms with E-state index in [0.29, 0.717) is 24.3 Å². The summed E-state index contributed by atoms with van der Waals surface area (Å²) in [6.07, 6.45) is 12.9. The van der Waals surface area contributed by atoms with E-state index in [1.165, 1.54) is 0 Å². The lowest BCUT2D eigenvalue weighted by molar-refractivity contribution is -0.122. The Labute approximate surface area is 196 Å². The Bertz CT molecular complexity index is 1380. The number of benzene rings is 1. The number of imide groups is 1. The number of amides is 4. The van der Waals surface area contributed by atoms with Gasteiger partial charge in [-0.3, -0.25) is 19.9 Å². The van der Waals surface area contributed by atoms with E-state index in [1.54, 1.807) is 36.4 Å². The summed E-state index contributed by atoms with van der Waals surface area (Å²) in [5.74, 6) is -0.0794. The molecule has 0 unspecified atom stereocenters. The number of carbonyl (C=O) groups is 3. The molecule has 1 aromatic heterocycles. The second-order valence-corrected chi connectivity index (χ2v) is 8.51. The van der Waals surface area contributed by atoms with Crippen molar-refractivity contribution in [2.75, 3.05) is 13.7 Å². The fourth-order valence-corrected chi connectivity index (χ4v) is 4.52. The first-order valence-electron chi connectivity index (χ1n) is 11.1. The molecule has 3 heterocycles. The Balaban J connectivity index is 1.37. The Hall–Kier alpha value is -4.20. The molecule has 34 heavy (non-hydrogen) atoms. The number of methoxy groups -OCH3 is 1. The number of pyridine rings is 1. The Morgan fingerprint density at radius 3 is 2.88 bits per heavy atom. The summed E-state index contributed by atoms with van der Waals surface area (Å²) in [6.45, 7) is 0.385. The van der Waals surface area contributed by atoms with Crippen LogP contribution in [0.25, 0.3) is 12.2 Å². The molecule has 2 aromatic rings. The second kappa shape index (κ2) is 8.62. The van der Waals surface area contributed by atoms with Gasteiger partial charge in [-0.2, -0.15) is 0 Å². The van der Waals surface area contributed by atoms with E-state index in [1.807, 2.05) is 24.3 Å². The van der Waals surface area contributed by atoms with Crippen molar-refractivity contribution in [3.05, 3.63) is 82.0 Å². The third kappa shape index (κ3) is 3.98. The molecule has 1 saturated heterocycles. The quantitative estimate of drug-likeness (QED) is 0.502. The minimum absolute atomic E-state index is 0.0280. The molecule has 8 heteroatoms. The van der Waals surface area contributed by atoms with Crippen molar-refractivity contribution in [2.45, 2.75) is 24.9 Å². The summed E-state index contributed by atoms with van der Waals surface area (Å²) in [5, 5.41) is 7.03. The number of hydrogen-bond donors (Lipinski definition) is 2. The normalized spacial score (nSPS) is 21.1. The number of allylic oxidation sites excluding steroid dienone is 3. The van der Waals surface area contributed by atoms with Gasteiger partial charge in [-0.05, 0) is 48.3 Å².